The van der Waals surface area contributed by atoms with Gasteiger partial charge in [0.1, 0.15) is 12.2 Å². The number of nitrogens with zero attached hydrogens (tertiary/aromatic N) is 3. The van der Waals surface area contributed by atoms with E-state index in [0.717, 1.165) is 5.56 Å². The van der Waals surface area contributed by atoms with E-state index in [1.807, 2.05) is 57.3 Å². The standard InChI is InChI=1S/C19H29N3O5Si/c1-19(2,28(3,4)24)10-13-15(21-22-20)16(23)17-14(26-13)11-25-18(27-17)12-8-6-5-7-9-12/h5-9,13-18,23-24H,10-11H2,1-4H3/t13-,14?,15+,16?,17+,18?/m0/s1. The fourth-order valence-corrected chi connectivity index (χ4v) is 4.29. The highest BCUT2D eigenvalue weighted by Gasteiger charge is 2.51. The van der Waals surface area contributed by atoms with Crippen molar-refractivity contribution in [2.75, 3.05) is 6.61 Å². The van der Waals surface area contributed by atoms with Crippen LogP contribution in [0.25, 0.3) is 10.4 Å². The highest BCUT2D eigenvalue weighted by atomic mass is 28.4. The van der Waals surface area contributed by atoms with Crippen LogP contribution in [0.1, 0.15) is 32.1 Å². The largest absolute Gasteiger partial charge is 0.432 e. The van der Waals surface area contributed by atoms with E-state index < -0.39 is 50.1 Å². The second-order valence-electron chi connectivity index (χ2n) is 8.72. The maximum atomic E-state index is 11.0. The zero-order valence-electron chi connectivity index (χ0n) is 16.7. The summed E-state index contributed by atoms with van der Waals surface area (Å²) in [6, 6.07) is 8.68. The Hall–Kier alpha value is -1.45. The first-order valence-corrected chi connectivity index (χ1v) is 12.5. The van der Waals surface area contributed by atoms with Crippen LogP contribution in [0.4, 0.5) is 0 Å². The Balaban J connectivity index is 1.80. The second kappa shape index (κ2) is 8.12. The van der Waals surface area contributed by atoms with Crippen LogP contribution in [0, 0.1) is 0 Å². The molecule has 0 aromatic heterocycles. The molecule has 0 spiro atoms. The Labute approximate surface area is 166 Å². The zero-order chi connectivity index (χ0) is 20.5. The average Bonchev–Trinajstić information content (AvgIpc) is 2.64. The van der Waals surface area contributed by atoms with E-state index >= 15 is 0 Å². The van der Waals surface area contributed by atoms with Crippen molar-refractivity contribution in [3.8, 4) is 0 Å². The normalized spacial score (nSPS) is 33.6. The monoisotopic (exact) mass is 407 g/mol. The van der Waals surface area contributed by atoms with Gasteiger partial charge in [0, 0.05) is 10.5 Å². The lowest BCUT2D eigenvalue weighted by molar-refractivity contribution is -0.314. The summed E-state index contributed by atoms with van der Waals surface area (Å²) >= 11 is 0. The first kappa shape index (κ1) is 21.3. The summed E-state index contributed by atoms with van der Waals surface area (Å²) < 4.78 is 18.0. The third kappa shape index (κ3) is 4.26. The minimum Gasteiger partial charge on any atom is -0.432 e. The number of hydrogen-bond donors (Lipinski definition) is 2. The molecule has 0 aliphatic carbocycles. The Morgan fingerprint density at radius 3 is 2.54 bits per heavy atom. The molecule has 8 nitrogen and oxygen atoms in total. The van der Waals surface area contributed by atoms with E-state index in [1.165, 1.54) is 0 Å². The molecule has 2 aliphatic heterocycles. The second-order valence-corrected chi connectivity index (χ2v) is 13.2. The van der Waals surface area contributed by atoms with Gasteiger partial charge in [-0.15, -0.1) is 0 Å². The first-order valence-electron chi connectivity index (χ1n) is 9.56. The van der Waals surface area contributed by atoms with Gasteiger partial charge < -0.3 is 24.1 Å². The van der Waals surface area contributed by atoms with Crippen LogP contribution in [0.3, 0.4) is 0 Å². The SMILES string of the molecule is CC(C)(C[C@@H]1OC2COC(c3ccccc3)O[C@H]2C(O)[C@@H]1N=[N+]=[N-])[Si](C)(C)O. The van der Waals surface area contributed by atoms with Crippen LogP contribution in [0.5, 0.6) is 0 Å². The maximum absolute atomic E-state index is 11.0. The summed E-state index contributed by atoms with van der Waals surface area (Å²) in [5, 5.41) is 14.4. The maximum Gasteiger partial charge on any atom is 0.188 e. The van der Waals surface area contributed by atoms with E-state index in [0.29, 0.717) is 6.42 Å². The molecule has 154 valence electrons. The van der Waals surface area contributed by atoms with Crippen LogP contribution in [-0.4, -0.2) is 55.3 Å². The number of aliphatic hydroxyl groups excluding tert-OH is 1. The van der Waals surface area contributed by atoms with Crippen molar-refractivity contribution in [3.05, 3.63) is 46.3 Å². The van der Waals surface area contributed by atoms with Crippen molar-refractivity contribution in [2.24, 2.45) is 5.11 Å². The quantitative estimate of drug-likeness (QED) is 0.336. The summed E-state index contributed by atoms with van der Waals surface area (Å²) in [6.07, 6.45) is -2.81. The Morgan fingerprint density at radius 2 is 1.93 bits per heavy atom. The molecule has 0 saturated carbocycles. The van der Waals surface area contributed by atoms with E-state index in [-0.39, 0.29) is 6.61 Å². The van der Waals surface area contributed by atoms with Gasteiger partial charge in [0.25, 0.3) is 0 Å². The molecule has 2 N–H and O–H groups in total. The van der Waals surface area contributed by atoms with Gasteiger partial charge in [-0.25, -0.2) is 0 Å². The summed E-state index contributed by atoms with van der Waals surface area (Å²) in [4.78, 5) is 13.5. The predicted molar refractivity (Wildman–Crippen MR) is 106 cm³/mol. The van der Waals surface area contributed by atoms with Crippen molar-refractivity contribution >= 4 is 8.32 Å². The minimum absolute atomic E-state index is 0.265. The topological polar surface area (TPSA) is 117 Å². The predicted octanol–water partition coefficient (Wildman–Crippen LogP) is 3.28. The zero-order valence-corrected chi connectivity index (χ0v) is 17.7. The van der Waals surface area contributed by atoms with Gasteiger partial charge in [-0.3, -0.25) is 0 Å². The van der Waals surface area contributed by atoms with Gasteiger partial charge >= 0.3 is 0 Å². The van der Waals surface area contributed by atoms with Gasteiger partial charge in [-0.1, -0.05) is 49.3 Å². The van der Waals surface area contributed by atoms with Crippen molar-refractivity contribution < 1.29 is 24.1 Å². The van der Waals surface area contributed by atoms with Crippen LogP contribution in [0.2, 0.25) is 18.1 Å². The molecule has 1 aromatic rings. The lowest BCUT2D eigenvalue weighted by Crippen LogP contribution is -2.61. The Bertz CT molecular complexity index is 720. The molecule has 0 radical (unpaired) electrons. The van der Waals surface area contributed by atoms with E-state index in [2.05, 4.69) is 10.0 Å². The van der Waals surface area contributed by atoms with Gasteiger partial charge in [-0.05, 0) is 30.1 Å². The van der Waals surface area contributed by atoms with Crippen molar-refractivity contribution in [1.29, 1.82) is 0 Å². The third-order valence-electron chi connectivity index (χ3n) is 6.10. The van der Waals surface area contributed by atoms with Crippen LogP contribution >= 0.6 is 0 Å². The van der Waals surface area contributed by atoms with Gasteiger partial charge in [0.15, 0.2) is 14.6 Å². The van der Waals surface area contributed by atoms with Crippen molar-refractivity contribution in [2.45, 2.75) is 75.1 Å². The molecule has 0 amide bonds. The molecular weight excluding hydrogens is 378 g/mol. The lowest BCUT2D eigenvalue weighted by atomic mass is 9.88. The molecule has 3 rings (SSSR count). The van der Waals surface area contributed by atoms with Crippen molar-refractivity contribution in [3.63, 3.8) is 0 Å². The van der Waals surface area contributed by atoms with Crippen LogP contribution in [0.15, 0.2) is 35.4 Å². The fraction of sp³-hybridized carbons (Fsp3) is 0.684. The molecule has 2 fully saturated rings. The highest BCUT2D eigenvalue weighted by Crippen LogP contribution is 2.44. The Kier molecular flexibility index (Phi) is 6.16. The van der Waals surface area contributed by atoms with E-state index in [4.69, 9.17) is 19.7 Å². The van der Waals surface area contributed by atoms with Gasteiger partial charge in [-0.2, -0.15) is 0 Å². The number of azide groups is 1. The number of fused-ring (bicyclic) bond motifs is 1. The van der Waals surface area contributed by atoms with Crippen LogP contribution in [-0.2, 0) is 14.2 Å². The molecule has 2 saturated heterocycles. The minimum atomic E-state index is -2.50. The summed E-state index contributed by atoms with van der Waals surface area (Å²) in [5.74, 6) is 0. The number of aliphatic hydroxyl groups is 1. The first-order chi connectivity index (χ1) is 13.1. The third-order valence-corrected chi connectivity index (χ3v) is 9.62. The highest BCUT2D eigenvalue weighted by molar-refractivity contribution is 6.72. The van der Waals surface area contributed by atoms with Gasteiger partial charge in [0.05, 0.1) is 24.9 Å². The summed E-state index contributed by atoms with van der Waals surface area (Å²) in [7, 11) is -2.50. The van der Waals surface area contributed by atoms with Gasteiger partial charge in [0.2, 0.25) is 0 Å². The molecule has 2 aliphatic rings. The molecule has 1 aromatic carbocycles. The molecule has 9 heteroatoms. The molecule has 3 unspecified atom stereocenters. The van der Waals surface area contributed by atoms with Crippen molar-refractivity contribution in [1.82, 2.24) is 0 Å². The molecule has 2 heterocycles. The average molecular weight is 408 g/mol. The molecular formula is C19H29N3O5Si. The van der Waals surface area contributed by atoms with E-state index in [1.54, 1.807) is 0 Å². The molecule has 28 heavy (non-hydrogen) atoms. The lowest BCUT2D eigenvalue weighted by Gasteiger charge is -2.49. The molecule has 6 atom stereocenters. The summed E-state index contributed by atoms with van der Waals surface area (Å²) in [6.45, 7) is 7.96. The Morgan fingerprint density at radius 1 is 1.25 bits per heavy atom. The smallest absolute Gasteiger partial charge is 0.188 e. The fourth-order valence-electron chi connectivity index (χ4n) is 3.59. The van der Waals surface area contributed by atoms with E-state index in [9.17, 15) is 9.90 Å². The number of rotatable bonds is 5. The number of ether oxygens (including phenoxy) is 3. The number of benzene rings is 1. The van der Waals surface area contributed by atoms with Crippen LogP contribution < -0.4 is 0 Å². The summed E-state index contributed by atoms with van der Waals surface area (Å²) in [5.41, 5.74) is 9.88. The molecule has 0 bridgehead atoms. The number of hydrogen-bond acceptors (Lipinski definition) is 6.